The highest BCUT2D eigenvalue weighted by Gasteiger charge is 2.12. The van der Waals surface area contributed by atoms with Crippen LogP contribution in [0.3, 0.4) is 0 Å². The first-order chi connectivity index (χ1) is 11.0. The number of ether oxygens (including phenoxy) is 1. The van der Waals surface area contributed by atoms with Crippen molar-refractivity contribution in [3.8, 4) is 5.75 Å². The molecule has 1 N–H and O–H groups in total. The molecule has 5 heteroatoms. The van der Waals surface area contributed by atoms with Gasteiger partial charge in [-0.15, -0.1) is 0 Å². The van der Waals surface area contributed by atoms with Crippen LogP contribution < -0.4 is 10.1 Å². The van der Waals surface area contributed by atoms with Gasteiger partial charge < -0.3 is 10.1 Å². The number of carbonyl (C=O) groups excluding carboxylic acids is 1. The number of hydrogen-bond acceptors (Lipinski definition) is 2. The van der Waals surface area contributed by atoms with Crippen LogP contribution in [0, 0.1) is 0 Å². The summed E-state index contributed by atoms with van der Waals surface area (Å²) in [6, 6.07) is 12.9. The van der Waals surface area contributed by atoms with Gasteiger partial charge in [-0.3, -0.25) is 4.79 Å². The second kappa shape index (κ2) is 8.23. The Morgan fingerprint density at radius 2 is 1.91 bits per heavy atom. The molecule has 0 spiro atoms. The number of benzene rings is 2. The summed E-state index contributed by atoms with van der Waals surface area (Å²) in [5.41, 5.74) is 1.94. The minimum Gasteiger partial charge on any atom is -0.496 e. The lowest BCUT2D eigenvalue weighted by atomic mass is 10.1. The van der Waals surface area contributed by atoms with Gasteiger partial charge in [-0.2, -0.15) is 0 Å². The molecule has 0 aliphatic carbocycles. The van der Waals surface area contributed by atoms with Crippen LogP contribution in [-0.2, 0) is 11.2 Å². The molecular weight excluding hydrogens is 333 g/mol. The van der Waals surface area contributed by atoms with E-state index in [-0.39, 0.29) is 11.9 Å². The zero-order valence-electron chi connectivity index (χ0n) is 13.1. The molecule has 2 rings (SSSR count). The average molecular weight is 352 g/mol. The van der Waals surface area contributed by atoms with Crippen molar-refractivity contribution >= 4 is 29.1 Å². The monoisotopic (exact) mass is 351 g/mol. The molecule has 0 aliphatic heterocycles. The van der Waals surface area contributed by atoms with Crippen molar-refractivity contribution < 1.29 is 9.53 Å². The largest absolute Gasteiger partial charge is 0.496 e. The Kier molecular flexibility index (Phi) is 6.31. The summed E-state index contributed by atoms with van der Waals surface area (Å²) in [6.07, 6.45) is 1.02. The predicted octanol–water partition coefficient (Wildman–Crippen LogP) is 4.81. The average Bonchev–Trinajstić information content (AvgIpc) is 2.55. The Balaban J connectivity index is 1.92. The molecule has 3 nitrogen and oxygen atoms in total. The number of aryl methyl sites for hydroxylation is 1. The lowest BCUT2D eigenvalue weighted by Crippen LogP contribution is -2.26. The van der Waals surface area contributed by atoms with Crippen LogP contribution in [0.2, 0.25) is 10.0 Å². The minimum absolute atomic E-state index is 0.0190. The Bertz CT molecular complexity index is 688. The third kappa shape index (κ3) is 4.88. The van der Waals surface area contributed by atoms with Crippen molar-refractivity contribution in [3.63, 3.8) is 0 Å². The van der Waals surface area contributed by atoms with Gasteiger partial charge in [0.2, 0.25) is 5.91 Å². The van der Waals surface area contributed by atoms with Gasteiger partial charge in [0.15, 0.2) is 0 Å². The molecule has 0 heterocycles. The number of hydrogen-bond donors (Lipinski definition) is 1. The first kappa shape index (κ1) is 17.6. The van der Waals surface area contributed by atoms with Gasteiger partial charge in [0.05, 0.1) is 23.2 Å². The molecule has 0 fully saturated rings. The van der Waals surface area contributed by atoms with E-state index < -0.39 is 0 Å². The minimum atomic E-state index is -0.130. The van der Waals surface area contributed by atoms with E-state index in [1.54, 1.807) is 19.2 Å². The summed E-state index contributed by atoms with van der Waals surface area (Å²) in [4.78, 5) is 12.1. The summed E-state index contributed by atoms with van der Waals surface area (Å²) in [5, 5.41) is 3.96. The SMILES string of the molecule is COc1ccccc1CCC(=O)NC(C)c1ccc(Cl)c(Cl)c1. The van der Waals surface area contributed by atoms with E-state index in [4.69, 9.17) is 27.9 Å². The van der Waals surface area contributed by atoms with E-state index in [1.807, 2.05) is 37.3 Å². The molecule has 122 valence electrons. The molecule has 0 radical (unpaired) electrons. The number of nitrogens with one attached hydrogen (secondary N) is 1. The summed E-state index contributed by atoms with van der Waals surface area (Å²) in [6.45, 7) is 1.92. The van der Waals surface area contributed by atoms with E-state index in [0.717, 1.165) is 16.9 Å². The molecule has 0 bridgehead atoms. The third-order valence-corrected chi connectivity index (χ3v) is 4.37. The number of rotatable bonds is 6. The Hall–Kier alpha value is -1.71. The quantitative estimate of drug-likeness (QED) is 0.810. The fourth-order valence-electron chi connectivity index (χ4n) is 2.34. The third-order valence-electron chi connectivity index (χ3n) is 3.64. The van der Waals surface area contributed by atoms with E-state index in [9.17, 15) is 4.79 Å². The summed E-state index contributed by atoms with van der Waals surface area (Å²) < 4.78 is 5.29. The molecule has 2 aromatic carbocycles. The second-order valence-electron chi connectivity index (χ2n) is 5.27. The fourth-order valence-corrected chi connectivity index (χ4v) is 2.64. The van der Waals surface area contributed by atoms with Gasteiger partial charge in [0, 0.05) is 6.42 Å². The summed E-state index contributed by atoms with van der Waals surface area (Å²) in [5.74, 6) is 0.785. The molecule has 23 heavy (non-hydrogen) atoms. The second-order valence-corrected chi connectivity index (χ2v) is 6.09. The Morgan fingerprint density at radius 3 is 2.61 bits per heavy atom. The van der Waals surface area contributed by atoms with Crippen LogP contribution in [0.4, 0.5) is 0 Å². The van der Waals surface area contributed by atoms with E-state index >= 15 is 0 Å². The van der Waals surface area contributed by atoms with Crippen molar-refractivity contribution in [2.45, 2.75) is 25.8 Å². The molecule has 0 saturated carbocycles. The van der Waals surface area contributed by atoms with Crippen molar-refractivity contribution in [3.05, 3.63) is 63.6 Å². The first-order valence-corrected chi connectivity index (χ1v) is 8.13. The topological polar surface area (TPSA) is 38.3 Å². The molecule has 0 saturated heterocycles. The highest BCUT2D eigenvalue weighted by atomic mass is 35.5. The van der Waals surface area contributed by atoms with Crippen LogP contribution >= 0.6 is 23.2 Å². The van der Waals surface area contributed by atoms with Crippen LogP contribution in [0.1, 0.15) is 30.5 Å². The fraction of sp³-hybridized carbons (Fsp3) is 0.278. The number of methoxy groups -OCH3 is 1. The summed E-state index contributed by atoms with van der Waals surface area (Å²) >= 11 is 11.9. The molecule has 1 atom stereocenters. The number of halogens is 2. The van der Waals surface area contributed by atoms with E-state index in [2.05, 4.69) is 5.32 Å². The standard InChI is InChI=1S/C18H19Cl2NO2/c1-12(14-7-9-15(19)16(20)11-14)21-18(22)10-8-13-5-3-4-6-17(13)23-2/h3-7,9,11-12H,8,10H2,1-2H3,(H,21,22). The lowest BCUT2D eigenvalue weighted by Gasteiger charge is -2.15. The smallest absolute Gasteiger partial charge is 0.220 e. The van der Waals surface area contributed by atoms with Gasteiger partial charge in [-0.25, -0.2) is 0 Å². The van der Waals surface area contributed by atoms with Gasteiger partial charge >= 0.3 is 0 Å². The maximum Gasteiger partial charge on any atom is 0.220 e. The lowest BCUT2D eigenvalue weighted by molar-refractivity contribution is -0.121. The van der Waals surface area contributed by atoms with Crippen LogP contribution in [0.5, 0.6) is 5.75 Å². The van der Waals surface area contributed by atoms with Gasteiger partial charge in [0.25, 0.3) is 0 Å². The molecule has 0 aliphatic rings. The molecular formula is C18H19Cl2NO2. The normalized spacial score (nSPS) is 11.8. The maximum absolute atomic E-state index is 12.1. The highest BCUT2D eigenvalue weighted by Crippen LogP contribution is 2.25. The van der Waals surface area contributed by atoms with Crippen LogP contribution in [-0.4, -0.2) is 13.0 Å². The van der Waals surface area contributed by atoms with Crippen molar-refractivity contribution in [2.75, 3.05) is 7.11 Å². The first-order valence-electron chi connectivity index (χ1n) is 7.37. The highest BCUT2D eigenvalue weighted by molar-refractivity contribution is 6.42. The number of carbonyl (C=O) groups is 1. The maximum atomic E-state index is 12.1. The Labute approximate surface area is 146 Å². The van der Waals surface area contributed by atoms with Crippen LogP contribution in [0.25, 0.3) is 0 Å². The molecule has 1 amide bonds. The zero-order valence-corrected chi connectivity index (χ0v) is 14.6. The van der Waals surface area contributed by atoms with E-state index in [1.165, 1.54) is 0 Å². The van der Waals surface area contributed by atoms with Crippen molar-refractivity contribution in [1.82, 2.24) is 5.32 Å². The summed E-state index contributed by atoms with van der Waals surface area (Å²) in [7, 11) is 1.63. The number of amides is 1. The zero-order chi connectivity index (χ0) is 16.8. The van der Waals surface area contributed by atoms with Crippen molar-refractivity contribution in [1.29, 1.82) is 0 Å². The van der Waals surface area contributed by atoms with Gasteiger partial charge in [-0.1, -0.05) is 47.5 Å². The van der Waals surface area contributed by atoms with Gasteiger partial charge in [0.1, 0.15) is 5.75 Å². The van der Waals surface area contributed by atoms with Crippen molar-refractivity contribution in [2.24, 2.45) is 0 Å². The van der Waals surface area contributed by atoms with E-state index in [0.29, 0.717) is 22.9 Å². The molecule has 0 aromatic heterocycles. The van der Waals surface area contributed by atoms with Gasteiger partial charge in [-0.05, 0) is 42.7 Å². The molecule has 2 aromatic rings. The molecule has 1 unspecified atom stereocenters. The van der Waals surface area contributed by atoms with Crippen LogP contribution in [0.15, 0.2) is 42.5 Å². The number of para-hydroxylation sites is 1. The Morgan fingerprint density at radius 1 is 1.17 bits per heavy atom. The predicted molar refractivity (Wildman–Crippen MR) is 94.3 cm³/mol.